The van der Waals surface area contributed by atoms with E-state index in [1.54, 1.807) is 0 Å². The van der Waals surface area contributed by atoms with Crippen LogP contribution in [0.2, 0.25) is 0 Å². The zero-order valence-corrected chi connectivity index (χ0v) is 11.1. The summed E-state index contributed by atoms with van der Waals surface area (Å²) in [5.41, 5.74) is 4.33. The second kappa shape index (κ2) is 5.46. The molecular weight excluding hydrogens is 196 g/mol. The normalized spacial score (nSPS) is 11.8. The highest BCUT2D eigenvalue weighted by molar-refractivity contribution is 5.35. The van der Waals surface area contributed by atoms with E-state index in [1.807, 2.05) is 7.05 Å². The van der Waals surface area contributed by atoms with Gasteiger partial charge in [-0.05, 0) is 32.0 Å². The van der Waals surface area contributed by atoms with Crippen LogP contribution in [0.25, 0.3) is 0 Å². The van der Waals surface area contributed by atoms with Crippen LogP contribution >= 0.6 is 0 Å². The number of hydrogen-bond acceptors (Lipinski definition) is 2. The number of nitrogens with one attached hydrogen (secondary N) is 2. The van der Waals surface area contributed by atoms with Crippen LogP contribution in [0.5, 0.6) is 0 Å². The van der Waals surface area contributed by atoms with Crippen LogP contribution < -0.4 is 10.6 Å². The van der Waals surface area contributed by atoms with E-state index >= 15 is 0 Å². The van der Waals surface area contributed by atoms with Crippen LogP contribution in [0.3, 0.4) is 0 Å². The van der Waals surface area contributed by atoms with Crippen molar-refractivity contribution in [2.75, 3.05) is 20.3 Å². The Morgan fingerprint density at radius 1 is 1.19 bits per heavy atom. The van der Waals surface area contributed by atoms with E-state index < -0.39 is 0 Å². The maximum atomic E-state index is 3.40. The Kier molecular flexibility index (Phi) is 4.51. The van der Waals surface area contributed by atoms with Gasteiger partial charge >= 0.3 is 0 Å². The molecule has 16 heavy (non-hydrogen) atoms. The molecule has 2 nitrogen and oxygen atoms in total. The minimum absolute atomic E-state index is 0.175. The summed E-state index contributed by atoms with van der Waals surface area (Å²) >= 11 is 0. The second-order valence-corrected chi connectivity index (χ2v) is 5.16. The molecule has 0 saturated heterocycles. The maximum absolute atomic E-state index is 3.40. The maximum Gasteiger partial charge on any atom is 0.0452 e. The number of benzene rings is 1. The van der Waals surface area contributed by atoms with E-state index in [2.05, 4.69) is 56.5 Å². The third kappa shape index (κ3) is 3.32. The lowest BCUT2D eigenvalue weighted by atomic mass is 9.81. The molecule has 0 aliphatic heterocycles. The standard InChI is InChI=1S/C14H24N2/c1-11-6-7-13(12(2)8-11)14(3,4)9-16-10-15-5/h6-8,15-16H,9-10H2,1-5H3. The van der Waals surface area contributed by atoms with Crippen LogP contribution in [0.15, 0.2) is 18.2 Å². The molecule has 0 saturated carbocycles. The average molecular weight is 220 g/mol. The first-order chi connectivity index (χ1) is 7.47. The summed E-state index contributed by atoms with van der Waals surface area (Å²) in [7, 11) is 1.96. The Labute approximate surface area is 99.5 Å². The van der Waals surface area contributed by atoms with Crippen LogP contribution in [-0.4, -0.2) is 20.3 Å². The van der Waals surface area contributed by atoms with Crippen LogP contribution in [-0.2, 0) is 5.41 Å². The van der Waals surface area contributed by atoms with Crippen molar-refractivity contribution >= 4 is 0 Å². The van der Waals surface area contributed by atoms with Gasteiger partial charge in [0.05, 0.1) is 0 Å². The lowest BCUT2D eigenvalue weighted by molar-refractivity contribution is 0.458. The highest BCUT2D eigenvalue weighted by Gasteiger charge is 2.21. The minimum atomic E-state index is 0.175. The number of rotatable bonds is 5. The van der Waals surface area contributed by atoms with E-state index in [0.717, 1.165) is 13.2 Å². The monoisotopic (exact) mass is 220 g/mol. The fourth-order valence-corrected chi connectivity index (χ4v) is 2.17. The zero-order chi connectivity index (χ0) is 12.2. The molecule has 0 aliphatic rings. The van der Waals surface area contributed by atoms with Gasteiger partial charge in [0.1, 0.15) is 0 Å². The summed E-state index contributed by atoms with van der Waals surface area (Å²) in [6.07, 6.45) is 0. The molecule has 2 N–H and O–H groups in total. The number of aryl methyl sites for hydroxylation is 2. The Bertz CT molecular complexity index is 343. The van der Waals surface area contributed by atoms with Crippen LogP contribution in [0.4, 0.5) is 0 Å². The first-order valence-electron chi connectivity index (χ1n) is 5.90. The molecular formula is C14H24N2. The van der Waals surface area contributed by atoms with E-state index in [1.165, 1.54) is 16.7 Å². The van der Waals surface area contributed by atoms with Gasteiger partial charge in [-0.25, -0.2) is 0 Å². The van der Waals surface area contributed by atoms with E-state index in [9.17, 15) is 0 Å². The first kappa shape index (κ1) is 13.2. The van der Waals surface area contributed by atoms with Gasteiger partial charge < -0.3 is 10.6 Å². The predicted octanol–water partition coefficient (Wildman–Crippen LogP) is 2.35. The van der Waals surface area contributed by atoms with Crippen molar-refractivity contribution in [3.05, 3.63) is 34.9 Å². The van der Waals surface area contributed by atoms with Gasteiger partial charge in [0.15, 0.2) is 0 Å². The van der Waals surface area contributed by atoms with Crippen molar-refractivity contribution in [1.29, 1.82) is 0 Å². The molecule has 0 bridgehead atoms. The molecule has 2 heteroatoms. The van der Waals surface area contributed by atoms with Gasteiger partial charge in [0.2, 0.25) is 0 Å². The molecule has 0 aromatic heterocycles. The molecule has 0 aliphatic carbocycles. The smallest absolute Gasteiger partial charge is 0.0452 e. The summed E-state index contributed by atoms with van der Waals surface area (Å²) in [5, 5.41) is 6.51. The van der Waals surface area contributed by atoms with Crippen molar-refractivity contribution < 1.29 is 0 Å². The average Bonchev–Trinajstić information content (AvgIpc) is 2.17. The third-order valence-electron chi connectivity index (χ3n) is 2.98. The van der Waals surface area contributed by atoms with E-state index in [0.29, 0.717) is 0 Å². The highest BCUT2D eigenvalue weighted by Crippen LogP contribution is 2.26. The molecule has 0 radical (unpaired) electrons. The van der Waals surface area contributed by atoms with Gasteiger partial charge in [0.25, 0.3) is 0 Å². The van der Waals surface area contributed by atoms with Crippen LogP contribution in [0.1, 0.15) is 30.5 Å². The fraction of sp³-hybridized carbons (Fsp3) is 0.571. The third-order valence-corrected chi connectivity index (χ3v) is 2.98. The minimum Gasteiger partial charge on any atom is -0.308 e. The zero-order valence-electron chi connectivity index (χ0n) is 11.1. The van der Waals surface area contributed by atoms with Crippen LogP contribution in [0, 0.1) is 13.8 Å². The summed E-state index contributed by atoms with van der Waals surface area (Å²) in [4.78, 5) is 0. The summed E-state index contributed by atoms with van der Waals surface area (Å²) in [6.45, 7) is 10.7. The van der Waals surface area contributed by atoms with Gasteiger partial charge in [-0.15, -0.1) is 0 Å². The predicted molar refractivity (Wildman–Crippen MR) is 70.9 cm³/mol. The van der Waals surface area contributed by atoms with Gasteiger partial charge in [-0.2, -0.15) is 0 Å². The molecule has 1 aromatic carbocycles. The van der Waals surface area contributed by atoms with E-state index in [4.69, 9.17) is 0 Å². The Morgan fingerprint density at radius 3 is 2.44 bits per heavy atom. The molecule has 0 heterocycles. The summed E-state index contributed by atoms with van der Waals surface area (Å²) < 4.78 is 0. The Balaban J connectivity index is 2.80. The molecule has 0 unspecified atom stereocenters. The van der Waals surface area contributed by atoms with Crippen molar-refractivity contribution in [3.8, 4) is 0 Å². The molecule has 1 rings (SSSR count). The quantitative estimate of drug-likeness (QED) is 0.588. The fourth-order valence-electron chi connectivity index (χ4n) is 2.17. The lowest BCUT2D eigenvalue weighted by Gasteiger charge is -2.27. The number of hydrogen-bond donors (Lipinski definition) is 2. The SMILES string of the molecule is CNCNCC(C)(C)c1ccc(C)cc1C. The largest absolute Gasteiger partial charge is 0.308 e. The first-order valence-corrected chi connectivity index (χ1v) is 5.90. The molecule has 1 aromatic rings. The van der Waals surface area contributed by atoms with Crippen molar-refractivity contribution in [1.82, 2.24) is 10.6 Å². The highest BCUT2D eigenvalue weighted by atomic mass is 15.0. The molecule has 0 amide bonds. The molecule has 90 valence electrons. The molecule has 0 spiro atoms. The van der Waals surface area contributed by atoms with Crippen molar-refractivity contribution in [2.24, 2.45) is 0 Å². The second-order valence-electron chi connectivity index (χ2n) is 5.16. The molecule has 0 fully saturated rings. The summed E-state index contributed by atoms with van der Waals surface area (Å²) in [6, 6.07) is 6.71. The van der Waals surface area contributed by atoms with Gasteiger partial charge in [-0.3, -0.25) is 0 Å². The van der Waals surface area contributed by atoms with Gasteiger partial charge in [0, 0.05) is 18.6 Å². The van der Waals surface area contributed by atoms with Gasteiger partial charge in [-0.1, -0.05) is 37.6 Å². The van der Waals surface area contributed by atoms with E-state index in [-0.39, 0.29) is 5.41 Å². The topological polar surface area (TPSA) is 24.1 Å². The van der Waals surface area contributed by atoms with Crippen molar-refractivity contribution in [2.45, 2.75) is 33.1 Å². The summed E-state index contributed by atoms with van der Waals surface area (Å²) in [5.74, 6) is 0. The lowest BCUT2D eigenvalue weighted by Crippen LogP contribution is -2.37. The Hall–Kier alpha value is -0.860. The Morgan fingerprint density at radius 2 is 1.88 bits per heavy atom. The van der Waals surface area contributed by atoms with Crippen molar-refractivity contribution in [3.63, 3.8) is 0 Å². The molecule has 0 atom stereocenters.